The van der Waals surface area contributed by atoms with Crippen molar-refractivity contribution in [1.29, 1.82) is 0 Å². The molecule has 0 aliphatic carbocycles. The molecule has 0 radical (unpaired) electrons. The van der Waals surface area contributed by atoms with E-state index in [0.29, 0.717) is 0 Å². The van der Waals surface area contributed by atoms with Crippen molar-refractivity contribution in [3.05, 3.63) is 41.1 Å². The lowest BCUT2D eigenvalue weighted by atomic mass is 10.1. The number of anilines is 1. The highest BCUT2D eigenvalue weighted by atomic mass is 16.6. The van der Waals surface area contributed by atoms with Crippen LogP contribution in [0, 0.1) is 5.92 Å². The van der Waals surface area contributed by atoms with Crippen LogP contribution in [0.3, 0.4) is 0 Å². The third kappa shape index (κ3) is 5.95. The molecule has 1 aromatic rings. The number of carbonyl (C=O) groups is 4. The van der Waals surface area contributed by atoms with Gasteiger partial charge in [-0.3, -0.25) is 10.2 Å². The summed E-state index contributed by atoms with van der Waals surface area (Å²) in [6.07, 6.45) is -0.816. The summed E-state index contributed by atoms with van der Waals surface area (Å²) in [6.45, 7) is 3.65. The van der Waals surface area contributed by atoms with Crippen molar-refractivity contribution in [3.63, 3.8) is 0 Å². The predicted molar refractivity (Wildman–Crippen MR) is 108 cm³/mol. The second-order valence-electron chi connectivity index (χ2n) is 6.80. The molecule has 2 amide bonds. The van der Waals surface area contributed by atoms with Crippen LogP contribution in [0.1, 0.15) is 24.2 Å². The summed E-state index contributed by atoms with van der Waals surface area (Å²) in [6, 6.07) is 6.27. The van der Waals surface area contributed by atoms with E-state index in [9.17, 15) is 19.2 Å². The van der Waals surface area contributed by atoms with Crippen LogP contribution in [-0.2, 0) is 28.5 Å². The molecule has 2 N–H and O–H groups in total. The van der Waals surface area contributed by atoms with Crippen LogP contribution in [-0.4, -0.2) is 58.1 Å². The molecule has 31 heavy (non-hydrogen) atoms. The minimum absolute atomic E-state index is 0.0498. The van der Waals surface area contributed by atoms with E-state index < -0.39 is 23.9 Å². The van der Waals surface area contributed by atoms with E-state index in [1.807, 2.05) is 13.8 Å². The molecule has 0 bridgehead atoms. The summed E-state index contributed by atoms with van der Waals surface area (Å²) >= 11 is 0. The number of ether oxygens (including phenoxy) is 4. The van der Waals surface area contributed by atoms with Gasteiger partial charge >= 0.3 is 18.0 Å². The number of esters is 2. The molecule has 0 saturated carbocycles. The average molecular weight is 435 g/mol. The Morgan fingerprint density at radius 2 is 1.74 bits per heavy atom. The van der Waals surface area contributed by atoms with Gasteiger partial charge in [-0.05, 0) is 18.1 Å². The Morgan fingerprint density at radius 1 is 1.06 bits per heavy atom. The normalized spacial score (nSPS) is 13.5. The van der Waals surface area contributed by atoms with Gasteiger partial charge in [0.1, 0.15) is 12.4 Å². The predicted octanol–water partition coefficient (Wildman–Crippen LogP) is 1.11. The van der Waals surface area contributed by atoms with Crippen LogP contribution >= 0.6 is 0 Å². The minimum atomic E-state index is -0.816. The topological polar surface area (TPSA) is 133 Å². The smallest absolute Gasteiger partial charge is 0.426 e. The molecular weight excluding hydrogens is 410 g/mol. The molecule has 0 atom stereocenters. The molecule has 1 heterocycles. The van der Waals surface area contributed by atoms with Gasteiger partial charge < -0.3 is 23.8 Å². The van der Waals surface area contributed by atoms with Gasteiger partial charge in [0.25, 0.3) is 5.91 Å². The van der Waals surface area contributed by atoms with Gasteiger partial charge in [-0.1, -0.05) is 26.0 Å². The van der Waals surface area contributed by atoms with Crippen molar-refractivity contribution in [2.75, 3.05) is 39.1 Å². The number of hydrazine groups is 1. The Morgan fingerprint density at radius 3 is 2.39 bits per heavy atom. The number of hydrogen-bond acceptors (Lipinski definition) is 9. The number of benzene rings is 1. The highest BCUT2D eigenvalue weighted by molar-refractivity contribution is 6.06. The summed E-state index contributed by atoms with van der Waals surface area (Å²) < 4.78 is 19.9. The SMILES string of the molecule is COC(=O)C1=C(C(=O)OC)N(c2ccccc2C(=O)NNC(=O)OCC(C)C)COC1. The number of rotatable bonds is 6. The second-order valence-corrected chi connectivity index (χ2v) is 6.80. The van der Waals surface area contributed by atoms with Crippen molar-refractivity contribution < 1.29 is 38.1 Å². The first-order valence-corrected chi connectivity index (χ1v) is 9.37. The molecule has 0 aromatic heterocycles. The number of carbonyl (C=O) groups excluding carboxylic acids is 4. The molecular formula is C20H25N3O8. The fourth-order valence-corrected chi connectivity index (χ4v) is 2.69. The standard InChI is InChI=1S/C20H25N3O8/c1-12(2)9-31-20(27)22-21-17(24)13-7-5-6-8-15(13)23-11-30-10-14(18(25)28-3)16(23)19(26)29-4/h5-8,12H,9-11H2,1-4H3,(H,21,24)(H,22,27). The van der Waals surface area contributed by atoms with Crippen LogP contribution in [0.15, 0.2) is 35.5 Å². The molecule has 0 unspecified atom stereocenters. The van der Waals surface area contributed by atoms with Crippen LogP contribution in [0.2, 0.25) is 0 Å². The summed E-state index contributed by atoms with van der Waals surface area (Å²) in [4.78, 5) is 50.3. The van der Waals surface area contributed by atoms with Gasteiger partial charge in [0.15, 0.2) is 0 Å². The first kappa shape index (κ1) is 23.7. The van der Waals surface area contributed by atoms with Crippen LogP contribution in [0.5, 0.6) is 0 Å². The second kappa shape index (κ2) is 11.0. The van der Waals surface area contributed by atoms with Crippen molar-refractivity contribution in [1.82, 2.24) is 10.9 Å². The first-order valence-electron chi connectivity index (χ1n) is 9.37. The summed E-state index contributed by atoms with van der Waals surface area (Å²) in [7, 11) is 2.35. The third-order valence-corrected chi connectivity index (χ3v) is 4.10. The largest absolute Gasteiger partial charge is 0.466 e. The Kier molecular flexibility index (Phi) is 8.38. The maximum Gasteiger partial charge on any atom is 0.426 e. The lowest BCUT2D eigenvalue weighted by Gasteiger charge is -2.32. The first-order chi connectivity index (χ1) is 14.8. The number of para-hydroxylation sites is 1. The van der Waals surface area contributed by atoms with E-state index in [1.165, 1.54) is 25.2 Å². The molecule has 0 spiro atoms. The molecule has 0 fully saturated rings. The van der Waals surface area contributed by atoms with Crippen molar-refractivity contribution in [2.45, 2.75) is 13.8 Å². The Bertz CT molecular complexity index is 881. The number of methoxy groups -OCH3 is 2. The molecule has 1 aromatic carbocycles. The maximum absolute atomic E-state index is 12.7. The minimum Gasteiger partial charge on any atom is -0.466 e. The Labute approximate surface area is 179 Å². The maximum atomic E-state index is 12.7. The number of nitrogens with one attached hydrogen (secondary N) is 2. The van der Waals surface area contributed by atoms with E-state index in [0.717, 1.165) is 0 Å². The van der Waals surface area contributed by atoms with Gasteiger partial charge in [-0.15, -0.1) is 0 Å². The summed E-state index contributed by atoms with van der Waals surface area (Å²) in [5.41, 5.74) is 4.60. The fourth-order valence-electron chi connectivity index (χ4n) is 2.69. The highest BCUT2D eigenvalue weighted by Gasteiger charge is 2.34. The average Bonchev–Trinajstić information content (AvgIpc) is 2.79. The van der Waals surface area contributed by atoms with E-state index in [4.69, 9.17) is 18.9 Å². The van der Waals surface area contributed by atoms with Crippen LogP contribution in [0.4, 0.5) is 10.5 Å². The molecule has 168 valence electrons. The van der Waals surface area contributed by atoms with Crippen molar-refractivity contribution >= 4 is 29.6 Å². The van der Waals surface area contributed by atoms with E-state index in [1.54, 1.807) is 18.2 Å². The van der Waals surface area contributed by atoms with Gasteiger partial charge in [-0.2, -0.15) is 0 Å². The zero-order valence-corrected chi connectivity index (χ0v) is 17.7. The Balaban J connectivity index is 2.32. The van der Waals surface area contributed by atoms with E-state index in [2.05, 4.69) is 10.9 Å². The monoisotopic (exact) mass is 435 g/mol. The number of hydrogen-bond donors (Lipinski definition) is 2. The highest BCUT2D eigenvalue weighted by Crippen LogP contribution is 2.29. The van der Waals surface area contributed by atoms with Crippen molar-refractivity contribution in [3.8, 4) is 0 Å². The molecule has 1 aliphatic heterocycles. The van der Waals surface area contributed by atoms with Crippen LogP contribution in [0.25, 0.3) is 0 Å². The number of amides is 2. The summed E-state index contributed by atoms with van der Waals surface area (Å²) in [5.74, 6) is -2.10. The van der Waals surface area contributed by atoms with E-state index >= 15 is 0 Å². The van der Waals surface area contributed by atoms with E-state index in [-0.39, 0.29) is 48.4 Å². The molecule has 2 rings (SSSR count). The molecule has 11 nitrogen and oxygen atoms in total. The van der Waals surface area contributed by atoms with Crippen molar-refractivity contribution in [2.24, 2.45) is 5.92 Å². The third-order valence-electron chi connectivity index (χ3n) is 4.10. The molecule has 11 heteroatoms. The van der Waals surface area contributed by atoms with Crippen LogP contribution < -0.4 is 15.8 Å². The van der Waals surface area contributed by atoms with Gasteiger partial charge in [-0.25, -0.2) is 19.8 Å². The zero-order chi connectivity index (χ0) is 23.0. The van der Waals surface area contributed by atoms with Gasteiger partial charge in [0.05, 0.1) is 44.3 Å². The zero-order valence-electron chi connectivity index (χ0n) is 17.7. The quantitative estimate of drug-likeness (QED) is 0.383. The lowest BCUT2D eigenvalue weighted by molar-refractivity contribution is -0.140. The van der Waals surface area contributed by atoms with Gasteiger partial charge in [0.2, 0.25) is 0 Å². The molecule has 1 aliphatic rings. The molecule has 0 saturated heterocycles. The number of nitrogens with zero attached hydrogens (tertiary/aromatic N) is 1. The van der Waals surface area contributed by atoms with Gasteiger partial charge in [0, 0.05) is 0 Å². The summed E-state index contributed by atoms with van der Waals surface area (Å²) in [5, 5.41) is 0. The Hall–Kier alpha value is -3.60. The lowest BCUT2D eigenvalue weighted by Crippen LogP contribution is -2.44. The fraction of sp³-hybridized carbons (Fsp3) is 0.400.